The van der Waals surface area contributed by atoms with Crippen molar-refractivity contribution in [3.8, 4) is 17.2 Å². The number of pyridine rings is 1. The van der Waals surface area contributed by atoms with E-state index in [1.807, 2.05) is 28.0 Å². The molecule has 47 heavy (non-hydrogen) atoms. The third-order valence-corrected chi connectivity index (χ3v) is 10.3. The number of piperazine rings is 1. The second-order valence-corrected chi connectivity index (χ2v) is 13.2. The number of hydrogen-bond donors (Lipinski definition) is 2. The van der Waals surface area contributed by atoms with Crippen LogP contribution in [0.15, 0.2) is 82.9 Å². The molecule has 9 heteroatoms. The zero-order valence-electron chi connectivity index (χ0n) is 27.3. The van der Waals surface area contributed by atoms with Gasteiger partial charge >= 0.3 is 0 Å². The number of fused-ring (bicyclic) bond motifs is 1. The number of phenols is 2. The van der Waals surface area contributed by atoms with Crippen molar-refractivity contribution in [1.82, 2.24) is 4.90 Å². The number of rotatable bonds is 8. The zero-order valence-corrected chi connectivity index (χ0v) is 28.1. The number of thioether (sulfide) groups is 1. The summed E-state index contributed by atoms with van der Waals surface area (Å²) < 4.78 is 2.19. The van der Waals surface area contributed by atoms with E-state index in [1.165, 1.54) is 15.6 Å². The van der Waals surface area contributed by atoms with Gasteiger partial charge in [0.1, 0.15) is 17.2 Å². The predicted molar refractivity (Wildman–Crippen MR) is 193 cm³/mol. The molecule has 242 valence electrons. The van der Waals surface area contributed by atoms with E-state index in [0.717, 1.165) is 17.1 Å². The molecule has 1 saturated heterocycles. The molecule has 3 heterocycles. The van der Waals surface area contributed by atoms with Crippen molar-refractivity contribution in [2.24, 2.45) is 0 Å². The summed E-state index contributed by atoms with van der Waals surface area (Å²) in [6.45, 7) is 12.5. The molecule has 2 aliphatic rings. The Morgan fingerprint density at radius 3 is 2.40 bits per heavy atom. The van der Waals surface area contributed by atoms with E-state index in [-0.39, 0.29) is 17.4 Å². The lowest BCUT2D eigenvalue weighted by Crippen LogP contribution is -2.50. The molecule has 6 rings (SSSR count). The molecule has 0 unspecified atom stereocenters. The van der Waals surface area contributed by atoms with Gasteiger partial charge in [-0.25, -0.2) is 4.57 Å². The molecule has 0 radical (unpaired) electrons. The number of carbonyl (C=O) groups excluding carboxylic acids is 1. The number of aromatic hydroxyl groups is 2. The molecule has 1 fully saturated rings. The second kappa shape index (κ2) is 13.5. The van der Waals surface area contributed by atoms with E-state index in [2.05, 4.69) is 102 Å². The number of nitrogens with zero attached hydrogens (tertiary/aromatic N) is 5. The molecule has 1 aromatic heterocycles. The Morgan fingerprint density at radius 1 is 0.979 bits per heavy atom. The average molecular weight is 649 g/mol. The topological polar surface area (TPSA) is 74.4 Å². The lowest BCUT2D eigenvalue weighted by molar-refractivity contribution is -0.582. The number of hydrogen-bond acceptors (Lipinski definition) is 7. The van der Waals surface area contributed by atoms with Crippen LogP contribution >= 0.6 is 11.8 Å². The van der Waals surface area contributed by atoms with E-state index in [9.17, 15) is 15.0 Å². The van der Waals surface area contributed by atoms with Crippen LogP contribution in [0.5, 0.6) is 11.5 Å². The number of aromatic nitrogens is 1. The van der Waals surface area contributed by atoms with Crippen LogP contribution < -0.4 is 29.7 Å². The van der Waals surface area contributed by atoms with Crippen molar-refractivity contribution in [2.75, 3.05) is 61.5 Å². The molecular formula is C38H42N5O3S+. The highest BCUT2D eigenvalue weighted by atomic mass is 32.2. The van der Waals surface area contributed by atoms with Gasteiger partial charge in [0.15, 0.2) is 0 Å². The SMILES string of the molecule is C=c1c(C)c(O)c(=C)c(N2CCN(C(=O)CCCN(C)c3cc(C=C4Sc5ccccc5N4C)cc[n+]3-c3ccccc3)CC2)c1O. The first-order valence-electron chi connectivity index (χ1n) is 15.9. The standard InChI is InChI=1S/C38H41N5O3S/c1-26-27(2)38(46)36(28(3)37(26)45)42-22-20-41(21-23-42)34(44)16-11-18-39(4)33-24-29(17-19-43(33)30-12-7-6-8-13-30)25-35-40(5)31-14-9-10-15-32(31)47-35/h6-10,12-15,17,19,24-25H,2-3,11,16,18,20-23H2,1,4-5H3,(H-,45,46)/p+1. The number of phenolic OH excluding ortho intramolecular Hbond substituents is 2. The molecule has 0 spiro atoms. The fourth-order valence-electron chi connectivity index (χ4n) is 6.29. The molecular weight excluding hydrogens is 607 g/mol. The first-order chi connectivity index (χ1) is 22.6. The maximum atomic E-state index is 13.3. The van der Waals surface area contributed by atoms with Crippen LogP contribution in [-0.2, 0) is 4.79 Å². The number of benzene rings is 3. The van der Waals surface area contributed by atoms with Gasteiger partial charge in [-0.1, -0.05) is 55.3 Å². The van der Waals surface area contributed by atoms with E-state index in [0.29, 0.717) is 67.3 Å². The molecule has 0 aliphatic carbocycles. The Kier molecular flexibility index (Phi) is 9.18. The van der Waals surface area contributed by atoms with Gasteiger partial charge in [0, 0.05) is 66.6 Å². The highest BCUT2D eigenvalue weighted by Crippen LogP contribution is 2.45. The molecule has 1 amide bonds. The minimum absolute atomic E-state index is 0.0419. The first kappa shape index (κ1) is 32.1. The molecule has 3 aromatic carbocycles. The summed E-state index contributed by atoms with van der Waals surface area (Å²) in [7, 11) is 4.19. The lowest BCUT2D eigenvalue weighted by atomic mass is 10.1. The highest BCUT2D eigenvalue weighted by molar-refractivity contribution is 8.03. The van der Waals surface area contributed by atoms with E-state index in [4.69, 9.17) is 0 Å². The predicted octanol–water partition coefficient (Wildman–Crippen LogP) is 4.61. The fraction of sp³-hybridized carbons (Fsp3) is 0.263. The Bertz CT molecular complexity index is 1940. The smallest absolute Gasteiger partial charge is 0.282 e. The minimum atomic E-state index is 0.0419. The summed E-state index contributed by atoms with van der Waals surface area (Å²) in [6, 6.07) is 23.1. The quantitative estimate of drug-likeness (QED) is 0.214. The van der Waals surface area contributed by atoms with Crippen LogP contribution in [0.25, 0.3) is 24.9 Å². The summed E-state index contributed by atoms with van der Waals surface area (Å²) in [6.07, 6.45) is 5.50. The molecule has 2 N–H and O–H groups in total. The normalized spacial score (nSPS) is 15.3. The fourth-order valence-corrected chi connectivity index (χ4v) is 7.40. The lowest BCUT2D eigenvalue weighted by Gasteiger charge is -2.37. The Hall–Kier alpha value is -4.89. The number of amides is 1. The Morgan fingerprint density at radius 2 is 1.68 bits per heavy atom. The van der Waals surface area contributed by atoms with Gasteiger partial charge in [-0.05, 0) is 55.3 Å². The van der Waals surface area contributed by atoms with Crippen LogP contribution in [0.1, 0.15) is 24.0 Å². The number of anilines is 3. The van der Waals surface area contributed by atoms with Crippen molar-refractivity contribution in [2.45, 2.75) is 24.7 Å². The van der Waals surface area contributed by atoms with E-state index < -0.39 is 0 Å². The van der Waals surface area contributed by atoms with Crippen molar-refractivity contribution in [1.29, 1.82) is 0 Å². The van der Waals surface area contributed by atoms with Crippen LogP contribution in [-0.4, -0.2) is 67.8 Å². The summed E-state index contributed by atoms with van der Waals surface area (Å²) in [4.78, 5) is 22.8. The molecule has 4 aromatic rings. The largest absolute Gasteiger partial charge is 0.507 e. The Labute approximate surface area is 280 Å². The van der Waals surface area contributed by atoms with Gasteiger partial charge in [0.25, 0.3) is 5.82 Å². The Balaban J connectivity index is 1.11. The molecule has 0 saturated carbocycles. The maximum absolute atomic E-state index is 13.3. The number of carbonyl (C=O) groups is 1. The van der Waals surface area contributed by atoms with E-state index in [1.54, 1.807) is 18.7 Å². The van der Waals surface area contributed by atoms with Gasteiger partial charge in [-0.3, -0.25) is 9.69 Å². The van der Waals surface area contributed by atoms with Gasteiger partial charge < -0.3 is 24.9 Å². The third-order valence-electron chi connectivity index (χ3n) is 9.17. The zero-order chi connectivity index (χ0) is 33.2. The van der Waals surface area contributed by atoms with Gasteiger partial charge in [-0.2, -0.15) is 0 Å². The van der Waals surface area contributed by atoms with Crippen LogP contribution in [0.4, 0.5) is 17.2 Å². The molecule has 0 bridgehead atoms. The molecule has 2 aliphatic heterocycles. The average Bonchev–Trinajstić information content (AvgIpc) is 3.41. The minimum Gasteiger partial charge on any atom is -0.507 e. The molecule has 0 atom stereocenters. The summed E-state index contributed by atoms with van der Waals surface area (Å²) in [5.74, 6) is 1.26. The van der Waals surface area contributed by atoms with Crippen molar-refractivity contribution in [3.63, 3.8) is 0 Å². The molecule has 8 nitrogen and oxygen atoms in total. The van der Waals surface area contributed by atoms with Crippen LogP contribution in [0, 0.1) is 6.92 Å². The summed E-state index contributed by atoms with van der Waals surface area (Å²) in [5, 5.41) is 23.2. The van der Waals surface area contributed by atoms with Crippen LogP contribution in [0.2, 0.25) is 0 Å². The second-order valence-electron chi connectivity index (χ2n) is 12.2. The van der Waals surface area contributed by atoms with E-state index >= 15 is 0 Å². The number of para-hydroxylation sites is 2. The van der Waals surface area contributed by atoms with Crippen molar-refractivity contribution < 1.29 is 19.6 Å². The summed E-state index contributed by atoms with van der Waals surface area (Å²) >= 11 is 1.78. The van der Waals surface area contributed by atoms with Crippen molar-refractivity contribution >= 4 is 54.1 Å². The maximum Gasteiger partial charge on any atom is 0.282 e. The highest BCUT2D eigenvalue weighted by Gasteiger charge is 2.26. The third kappa shape index (κ3) is 6.40. The van der Waals surface area contributed by atoms with Crippen molar-refractivity contribution in [3.05, 3.63) is 99.5 Å². The first-order valence-corrected chi connectivity index (χ1v) is 16.8. The monoisotopic (exact) mass is 648 g/mol. The van der Waals surface area contributed by atoms with Gasteiger partial charge in [0.05, 0.1) is 36.2 Å². The summed E-state index contributed by atoms with van der Waals surface area (Å²) in [5.41, 5.74) is 4.43. The van der Waals surface area contributed by atoms with Gasteiger partial charge in [-0.15, -0.1) is 0 Å². The van der Waals surface area contributed by atoms with Crippen LogP contribution in [0.3, 0.4) is 0 Å². The van der Waals surface area contributed by atoms with Gasteiger partial charge in [0.2, 0.25) is 5.91 Å².